The lowest BCUT2D eigenvalue weighted by Crippen LogP contribution is -2.54. The summed E-state index contributed by atoms with van der Waals surface area (Å²) in [6.45, 7) is 0. The second-order valence-electron chi connectivity index (χ2n) is 13.4. The standard InChI is InChI=1S/C45H31N3OS2/c1-2-11-26(12-3-1)43-46-44(27-23-24-39-36(25-27)29-14-5-7-22-38(29)50-39)48-45(47-43)35-20-10-19-34-33-18-9-17-32(41(33)51-42(34)35)31-16-8-15-30-28-13-4-6-21-37(28)49-40(30)31/h1-25,43-48H. The molecule has 4 nitrogen and oxygen atoms in total. The normalized spacial score (nSPS) is 18.2. The summed E-state index contributed by atoms with van der Waals surface area (Å²) in [4.78, 5) is 0. The van der Waals surface area contributed by atoms with Gasteiger partial charge < -0.3 is 4.42 Å². The van der Waals surface area contributed by atoms with Crippen LogP contribution < -0.4 is 16.0 Å². The number of nitrogens with one attached hydrogen (secondary N) is 3. The van der Waals surface area contributed by atoms with Crippen molar-refractivity contribution in [2.45, 2.75) is 18.5 Å². The van der Waals surface area contributed by atoms with E-state index >= 15 is 0 Å². The molecule has 3 atom stereocenters. The number of rotatable bonds is 4. The largest absolute Gasteiger partial charge is 0.455 e. The molecule has 0 aliphatic carbocycles. The van der Waals surface area contributed by atoms with Crippen molar-refractivity contribution in [2.75, 3.05) is 0 Å². The molecule has 0 radical (unpaired) electrons. The monoisotopic (exact) mass is 693 g/mol. The van der Waals surface area contributed by atoms with Crippen molar-refractivity contribution in [3.05, 3.63) is 168 Å². The van der Waals surface area contributed by atoms with Crippen LogP contribution in [0.4, 0.5) is 0 Å². The Morgan fingerprint density at radius 2 is 1.06 bits per heavy atom. The molecule has 51 heavy (non-hydrogen) atoms. The van der Waals surface area contributed by atoms with Gasteiger partial charge in [-0.05, 0) is 35.4 Å². The van der Waals surface area contributed by atoms with Gasteiger partial charge >= 0.3 is 0 Å². The van der Waals surface area contributed by atoms with E-state index in [2.05, 4.69) is 162 Å². The second kappa shape index (κ2) is 11.6. The Hall–Kier alpha value is -5.34. The quantitative estimate of drug-likeness (QED) is 0.172. The fourth-order valence-corrected chi connectivity index (χ4v) is 10.5. The Morgan fingerprint density at radius 3 is 1.94 bits per heavy atom. The third-order valence-corrected chi connectivity index (χ3v) is 12.9. The third kappa shape index (κ3) is 4.69. The molecule has 3 aromatic heterocycles. The first-order valence-corrected chi connectivity index (χ1v) is 19.0. The predicted octanol–water partition coefficient (Wildman–Crippen LogP) is 12.2. The van der Waals surface area contributed by atoms with E-state index in [1.807, 2.05) is 28.7 Å². The van der Waals surface area contributed by atoms with Crippen LogP contribution in [0.1, 0.15) is 35.2 Å². The number of furan rings is 1. The highest BCUT2D eigenvalue weighted by Crippen LogP contribution is 2.45. The Morgan fingerprint density at radius 1 is 0.412 bits per heavy atom. The van der Waals surface area contributed by atoms with E-state index < -0.39 is 0 Å². The predicted molar refractivity (Wildman–Crippen MR) is 215 cm³/mol. The molecular formula is C45H31N3OS2. The molecule has 10 aromatic rings. The van der Waals surface area contributed by atoms with Crippen molar-refractivity contribution in [3.8, 4) is 11.1 Å². The fourth-order valence-electron chi connectivity index (χ4n) is 8.02. The number of benzene rings is 7. The van der Waals surface area contributed by atoms with Crippen molar-refractivity contribution in [3.63, 3.8) is 0 Å². The van der Waals surface area contributed by atoms with Gasteiger partial charge in [-0.1, -0.05) is 127 Å². The van der Waals surface area contributed by atoms with Crippen LogP contribution in [0, 0.1) is 0 Å². The lowest BCUT2D eigenvalue weighted by molar-refractivity contribution is 0.204. The summed E-state index contributed by atoms with van der Waals surface area (Å²) >= 11 is 3.74. The van der Waals surface area contributed by atoms with Gasteiger partial charge in [0.25, 0.3) is 0 Å². The molecule has 3 N–H and O–H groups in total. The lowest BCUT2D eigenvalue weighted by atomic mass is 9.99. The minimum absolute atomic E-state index is 0.0525. The molecule has 1 fully saturated rings. The molecule has 1 saturated heterocycles. The minimum atomic E-state index is -0.101. The smallest absolute Gasteiger partial charge is 0.143 e. The van der Waals surface area contributed by atoms with Crippen LogP contribution in [0.25, 0.3) is 73.4 Å². The number of hydrogen-bond acceptors (Lipinski definition) is 6. The van der Waals surface area contributed by atoms with Crippen molar-refractivity contribution < 1.29 is 4.42 Å². The summed E-state index contributed by atoms with van der Waals surface area (Å²) in [7, 11) is 0. The molecule has 1 aliphatic rings. The number of fused-ring (bicyclic) bond motifs is 9. The first-order chi connectivity index (χ1) is 25.3. The highest BCUT2D eigenvalue weighted by Gasteiger charge is 2.31. The highest BCUT2D eigenvalue weighted by molar-refractivity contribution is 7.26. The van der Waals surface area contributed by atoms with E-state index in [0.29, 0.717) is 0 Å². The maximum absolute atomic E-state index is 6.51. The molecule has 0 bridgehead atoms. The number of hydrogen-bond donors (Lipinski definition) is 3. The van der Waals surface area contributed by atoms with Gasteiger partial charge in [0, 0.05) is 67.8 Å². The van der Waals surface area contributed by atoms with Gasteiger partial charge in [-0.3, -0.25) is 16.0 Å². The van der Waals surface area contributed by atoms with Gasteiger partial charge in [0.2, 0.25) is 0 Å². The van der Waals surface area contributed by atoms with Crippen LogP contribution in [0.5, 0.6) is 0 Å². The van der Waals surface area contributed by atoms with Crippen molar-refractivity contribution >= 4 is 85.0 Å². The zero-order chi connectivity index (χ0) is 33.5. The molecule has 11 rings (SSSR count). The average Bonchev–Trinajstić information content (AvgIpc) is 3.89. The Bertz CT molecular complexity index is 2940. The molecule has 3 unspecified atom stereocenters. The SMILES string of the molecule is c1ccc(C2NC(c3ccc4sc5ccccc5c4c3)NC(c3cccc4c3sc3c(-c5cccc6c5oc5ccccc56)cccc34)N2)cc1. The van der Waals surface area contributed by atoms with Crippen molar-refractivity contribution in [2.24, 2.45) is 0 Å². The van der Waals surface area contributed by atoms with Gasteiger partial charge in [-0.2, -0.15) is 0 Å². The topological polar surface area (TPSA) is 49.2 Å². The van der Waals surface area contributed by atoms with Crippen molar-refractivity contribution in [1.82, 2.24) is 16.0 Å². The van der Waals surface area contributed by atoms with Gasteiger partial charge in [-0.25, -0.2) is 0 Å². The average molecular weight is 694 g/mol. The minimum Gasteiger partial charge on any atom is -0.455 e. The Kier molecular flexibility index (Phi) is 6.69. The first-order valence-electron chi connectivity index (χ1n) is 17.4. The Labute approximate surface area is 302 Å². The first kappa shape index (κ1) is 29.4. The Balaban J connectivity index is 1.05. The van der Waals surface area contributed by atoms with E-state index in [-0.39, 0.29) is 18.5 Å². The molecule has 7 aromatic carbocycles. The summed E-state index contributed by atoms with van der Waals surface area (Å²) in [5.41, 5.74) is 7.87. The van der Waals surface area contributed by atoms with E-state index in [0.717, 1.165) is 27.5 Å². The van der Waals surface area contributed by atoms with E-state index in [9.17, 15) is 0 Å². The zero-order valence-corrected chi connectivity index (χ0v) is 29.0. The van der Waals surface area contributed by atoms with E-state index in [1.54, 1.807) is 0 Å². The van der Waals surface area contributed by atoms with Crippen LogP contribution in [-0.4, -0.2) is 0 Å². The highest BCUT2D eigenvalue weighted by atomic mass is 32.1. The maximum Gasteiger partial charge on any atom is 0.143 e. The summed E-state index contributed by atoms with van der Waals surface area (Å²) in [5, 5.41) is 19.3. The van der Waals surface area contributed by atoms with E-state index in [4.69, 9.17) is 4.42 Å². The van der Waals surface area contributed by atoms with Gasteiger partial charge in [0.1, 0.15) is 11.2 Å². The molecule has 4 heterocycles. The molecular weight excluding hydrogens is 663 g/mol. The van der Waals surface area contributed by atoms with Crippen LogP contribution in [0.3, 0.4) is 0 Å². The number of para-hydroxylation sites is 2. The molecule has 6 heteroatoms. The zero-order valence-electron chi connectivity index (χ0n) is 27.4. The van der Waals surface area contributed by atoms with Crippen LogP contribution in [0.15, 0.2) is 156 Å². The summed E-state index contributed by atoms with van der Waals surface area (Å²) < 4.78 is 11.7. The molecule has 0 spiro atoms. The summed E-state index contributed by atoms with van der Waals surface area (Å²) in [5.74, 6) is 0. The lowest BCUT2D eigenvalue weighted by Gasteiger charge is -2.39. The molecule has 0 amide bonds. The van der Waals surface area contributed by atoms with Gasteiger partial charge in [0.05, 0.1) is 18.5 Å². The van der Waals surface area contributed by atoms with Crippen LogP contribution in [-0.2, 0) is 0 Å². The van der Waals surface area contributed by atoms with Crippen LogP contribution in [0.2, 0.25) is 0 Å². The van der Waals surface area contributed by atoms with Crippen molar-refractivity contribution in [1.29, 1.82) is 0 Å². The van der Waals surface area contributed by atoms with E-state index in [1.165, 1.54) is 62.6 Å². The van der Waals surface area contributed by atoms with Gasteiger partial charge in [0.15, 0.2) is 0 Å². The fraction of sp³-hybridized carbons (Fsp3) is 0.0667. The number of thiophene rings is 2. The molecule has 244 valence electrons. The molecule has 0 saturated carbocycles. The molecule has 1 aliphatic heterocycles. The maximum atomic E-state index is 6.51. The van der Waals surface area contributed by atoms with Gasteiger partial charge in [-0.15, -0.1) is 22.7 Å². The summed E-state index contributed by atoms with van der Waals surface area (Å²) in [6.07, 6.45) is -0.228. The second-order valence-corrected chi connectivity index (χ2v) is 15.5. The summed E-state index contributed by atoms with van der Waals surface area (Å²) in [6, 6.07) is 54.6. The third-order valence-electron chi connectivity index (χ3n) is 10.4. The van der Waals surface area contributed by atoms with Crippen LogP contribution >= 0.6 is 22.7 Å².